The third-order valence-electron chi connectivity index (χ3n) is 5.29. The minimum Gasteiger partial charge on any atom is -0.457 e. The molecule has 0 bridgehead atoms. The Hall–Kier alpha value is -4.77. The quantitative estimate of drug-likeness (QED) is 0.0719. The maximum atomic E-state index is 12.5. The molecule has 3 aromatic rings. The molecule has 1 atom stereocenters. The third-order valence-corrected chi connectivity index (χ3v) is 5.29. The molecule has 10 heteroatoms. The van der Waals surface area contributed by atoms with Gasteiger partial charge >= 0.3 is 17.9 Å². The summed E-state index contributed by atoms with van der Waals surface area (Å²) in [5.41, 5.74) is 2.98. The Bertz CT molecular complexity index is 1340. The largest absolute Gasteiger partial charge is 0.457 e. The van der Waals surface area contributed by atoms with Crippen LogP contribution in [0.2, 0.25) is 0 Å². The second kappa shape index (κ2) is 14.4. The van der Waals surface area contributed by atoms with Crippen LogP contribution in [0.25, 0.3) is 11.1 Å². The number of carbonyl (C=O) groups is 3. The molecule has 0 aliphatic rings. The van der Waals surface area contributed by atoms with E-state index in [0.29, 0.717) is 22.6 Å². The number of benzene rings is 3. The molecular formula is C30H28O10. The lowest BCUT2D eigenvalue weighted by Gasteiger charge is -2.15. The molecule has 0 aliphatic carbocycles. The SMILES string of the molecule is C=C(C)C(=O)OCOc1ccc(C(=O)Oc2ccc(-c3ccc(C(OO)OCOC(=O)C(=C)C)cc3)cc2)cc1. The first-order valence-corrected chi connectivity index (χ1v) is 11.9. The Labute approximate surface area is 230 Å². The Balaban J connectivity index is 1.53. The van der Waals surface area contributed by atoms with Crippen LogP contribution < -0.4 is 9.47 Å². The molecule has 1 unspecified atom stereocenters. The van der Waals surface area contributed by atoms with Gasteiger partial charge in [0.05, 0.1) is 5.56 Å². The minimum absolute atomic E-state index is 0.219. The molecule has 0 aliphatic heterocycles. The van der Waals surface area contributed by atoms with E-state index in [4.69, 9.17) is 28.9 Å². The Morgan fingerprint density at radius 3 is 1.75 bits per heavy atom. The van der Waals surface area contributed by atoms with Crippen molar-refractivity contribution in [1.29, 1.82) is 0 Å². The van der Waals surface area contributed by atoms with Crippen LogP contribution in [0, 0.1) is 0 Å². The number of carbonyl (C=O) groups excluding carboxylic acids is 3. The van der Waals surface area contributed by atoms with E-state index in [1.54, 1.807) is 60.7 Å². The van der Waals surface area contributed by atoms with Crippen LogP contribution in [-0.4, -0.2) is 36.8 Å². The van der Waals surface area contributed by atoms with Crippen LogP contribution in [0.3, 0.4) is 0 Å². The molecule has 3 rings (SSSR count). The highest BCUT2D eigenvalue weighted by atomic mass is 17.1. The van der Waals surface area contributed by atoms with Crippen molar-refractivity contribution in [3.8, 4) is 22.6 Å². The van der Waals surface area contributed by atoms with E-state index in [-0.39, 0.29) is 17.9 Å². The van der Waals surface area contributed by atoms with Gasteiger partial charge in [-0.3, -0.25) is 0 Å². The lowest BCUT2D eigenvalue weighted by molar-refractivity contribution is -0.360. The predicted octanol–water partition coefficient (Wildman–Crippen LogP) is 5.61. The van der Waals surface area contributed by atoms with E-state index in [0.717, 1.165) is 11.1 Å². The number of ether oxygens (including phenoxy) is 5. The predicted molar refractivity (Wildman–Crippen MR) is 143 cm³/mol. The Morgan fingerprint density at radius 1 is 0.725 bits per heavy atom. The van der Waals surface area contributed by atoms with Gasteiger partial charge in [-0.25, -0.2) is 24.5 Å². The van der Waals surface area contributed by atoms with Crippen molar-refractivity contribution in [3.05, 3.63) is 108 Å². The monoisotopic (exact) mass is 548 g/mol. The number of rotatable bonds is 13. The van der Waals surface area contributed by atoms with Crippen LogP contribution in [0.15, 0.2) is 97.1 Å². The van der Waals surface area contributed by atoms with E-state index in [1.807, 2.05) is 0 Å². The fraction of sp³-hybridized carbons (Fsp3) is 0.167. The second-order valence-corrected chi connectivity index (χ2v) is 8.47. The van der Waals surface area contributed by atoms with Crippen molar-refractivity contribution >= 4 is 17.9 Å². The fourth-order valence-electron chi connectivity index (χ4n) is 3.14. The fourth-order valence-corrected chi connectivity index (χ4v) is 3.14. The summed E-state index contributed by atoms with van der Waals surface area (Å²) < 4.78 is 25.7. The first-order chi connectivity index (χ1) is 19.2. The van der Waals surface area contributed by atoms with E-state index in [2.05, 4.69) is 18.0 Å². The van der Waals surface area contributed by atoms with Crippen molar-refractivity contribution in [2.24, 2.45) is 0 Å². The highest BCUT2D eigenvalue weighted by molar-refractivity contribution is 5.91. The number of esters is 3. The van der Waals surface area contributed by atoms with Gasteiger partial charge in [-0.15, -0.1) is 0 Å². The van der Waals surface area contributed by atoms with E-state index >= 15 is 0 Å². The first kappa shape index (κ1) is 29.8. The average molecular weight is 549 g/mol. The zero-order chi connectivity index (χ0) is 29.1. The van der Waals surface area contributed by atoms with Crippen LogP contribution in [-0.2, 0) is 28.7 Å². The van der Waals surface area contributed by atoms with Gasteiger partial charge in [0, 0.05) is 16.7 Å². The summed E-state index contributed by atoms with van der Waals surface area (Å²) in [4.78, 5) is 39.7. The summed E-state index contributed by atoms with van der Waals surface area (Å²) in [5.74, 6) is -0.968. The summed E-state index contributed by atoms with van der Waals surface area (Å²) >= 11 is 0. The lowest BCUT2D eigenvalue weighted by atomic mass is 10.0. The van der Waals surface area contributed by atoms with E-state index in [1.165, 1.54) is 26.0 Å². The van der Waals surface area contributed by atoms with Gasteiger partial charge in [-0.2, -0.15) is 0 Å². The van der Waals surface area contributed by atoms with Gasteiger partial charge in [0.25, 0.3) is 0 Å². The molecule has 3 aromatic carbocycles. The molecule has 208 valence electrons. The lowest BCUT2D eigenvalue weighted by Crippen LogP contribution is -2.13. The molecule has 0 radical (unpaired) electrons. The maximum Gasteiger partial charge on any atom is 0.343 e. The van der Waals surface area contributed by atoms with Crippen LogP contribution in [0.1, 0.15) is 36.1 Å². The van der Waals surface area contributed by atoms with Gasteiger partial charge in [0.1, 0.15) is 11.5 Å². The molecule has 0 saturated heterocycles. The maximum absolute atomic E-state index is 12.5. The molecule has 0 heterocycles. The number of hydrogen-bond donors (Lipinski definition) is 1. The van der Waals surface area contributed by atoms with Crippen LogP contribution in [0.5, 0.6) is 11.5 Å². The van der Waals surface area contributed by atoms with Crippen molar-refractivity contribution in [3.63, 3.8) is 0 Å². The van der Waals surface area contributed by atoms with Crippen LogP contribution >= 0.6 is 0 Å². The Kier molecular flexibility index (Phi) is 10.7. The van der Waals surface area contributed by atoms with E-state index < -0.39 is 31.0 Å². The number of hydrogen-bond acceptors (Lipinski definition) is 10. The molecule has 40 heavy (non-hydrogen) atoms. The van der Waals surface area contributed by atoms with Gasteiger partial charge in [0.2, 0.25) is 13.1 Å². The molecule has 0 fully saturated rings. The zero-order valence-corrected chi connectivity index (χ0v) is 22.0. The summed E-state index contributed by atoms with van der Waals surface area (Å²) in [6.07, 6.45) is -1.16. The van der Waals surface area contributed by atoms with Crippen LogP contribution in [0.4, 0.5) is 0 Å². The molecule has 0 amide bonds. The van der Waals surface area contributed by atoms with Gasteiger partial charge in [-0.05, 0) is 61.4 Å². The highest BCUT2D eigenvalue weighted by Gasteiger charge is 2.15. The Morgan fingerprint density at radius 2 is 1.23 bits per heavy atom. The van der Waals surface area contributed by atoms with E-state index in [9.17, 15) is 14.4 Å². The third kappa shape index (κ3) is 8.63. The van der Waals surface area contributed by atoms with Crippen molar-refractivity contribution in [1.82, 2.24) is 0 Å². The van der Waals surface area contributed by atoms with Crippen molar-refractivity contribution in [2.75, 3.05) is 13.6 Å². The topological polar surface area (TPSA) is 127 Å². The first-order valence-electron chi connectivity index (χ1n) is 11.9. The summed E-state index contributed by atoms with van der Waals surface area (Å²) in [5, 5.41) is 9.16. The second-order valence-electron chi connectivity index (χ2n) is 8.47. The average Bonchev–Trinajstić information content (AvgIpc) is 2.96. The molecule has 0 saturated carbocycles. The molecule has 0 aromatic heterocycles. The van der Waals surface area contributed by atoms with Gasteiger partial charge in [0.15, 0.2) is 6.79 Å². The molecular weight excluding hydrogens is 520 g/mol. The van der Waals surface area contributed by atoms with Crippen molar-refractivity contribution in [2.45, 2.75) is 20.1 Å². The summed E-state index contributed by atoms with van der Waals surface area (Å²) in [6, 6.07) is 20.0. The zero-order valence-electron chi connectivity index (χ0n) is 22.0. The van der Waals surface area contributed by atoms with Gasteiger partial charge < -0.3 is 23.7 Å². The van der Waals surface area contributed by atoms with Crippen molar-refractivity contribution < 1.29 is 48.2 Å². The molecule has 10 nitrogen and oxygen atoms in total. The summed E-state index contributed by atoms with van der Waals surface area (Å²) in [6.45, 7) is 9.28. The van der Waals surface area contributed by atoms with Gasteiger partial charge in [-0.1, -0.05) is 49.6 Å². The smallest absolute Gasteiger partial charge is 0.343 e. The minimum atomic E-state index is -1.16. The molecule has 1 N–H and O–H groups in total. The highest BCUT2D eigenvalue weighted by Crippen LogP contribution is 2.26. The molecule has 0 spiro atoms. The normalized spacial score (nSPS) is 11.2. The standard InChI is InChI=1S/C30H28O10/c1-19(2)27(31)36-17-35-25-13-11-23(12-14-25)29(33)39-26-15-9-22(10-16-26)21-5-7-24(8-6-21)30(40-34)38-18-37-28(32)20(3)4/h5-16,30,34H,1,3,17-18H2,2,4H3. The summed E-state index contributed by atoms with van der Waals surface area (Å²) in [7, 11) is 0.